The van der Waals surface area contributed by atoms with Gasteiger partial charge in [-0.15, -0.1) is 0 Å². The number of benzene rings is 2. The van der Waals surface area contributed by atoms with Crippen LogP contribution in [0.4, 0.5) is 10.5 Å². The van der Waals surface area contributed by atoms with Gasteiger partial charge in [-0.05, 0) is 61.1 Å². The average molecular weight is 498 g/mol. The largest absolute Gasteiger partial charge is 0.493 e. The highest BCUT2D eigenvalue weighted by Gasteiger charge is 2.33. The number of rotatable bonds is 6. The molecule has 1 fully saturated rings. The number of hydrogen-bond acceptors (Lipinski definition) is 6. The maximum Gasteiger partial charge on any atom is 0.338 e. The van der Waals surface area contributed by atoms with Crippen LogP contribution in [0.25, 0.3) is 6.08 Å². The van der Waals surface area contributed by atoms with Crippen molar-refractivity contribution in [3.05, 3.63) is 56.9 Å². The standard InChI is InChI=1S/C20H17Cl2N3O4S2/c1-3-29-15-7-4-11(8-16(15)28-2)9-17-18(26)25(20(30)31-17)24-19(27)23-12-5-6-13(21)14(22)10-12/h4-10H,3H2,1-2H3,(H2,23,24,27)/b17-9+. The van der Waals surface area contributed by atoms with Gasteiger partial charge in [0.1, 0.15) is 0 Å². The molecule has 162 valence electrons. The zero-order valence-electron chi connectivity index (χ0n) is 16.4. The van der Waals surface area contributed by atoms with Gasteiger partial charge in [0.05, 0.1) is 28.7 Å². The zero-order chi connectivity index (χ0) is 22.5. The fourth-order valence-corrected chi connectivity index (χ4v) is 4.08. The van der Waals surface area contributed by atoms with Crippen LogP contribution in [0.2, 0.25) is 10.0 Å². The Morgan fingerprint density at radius 3 is 2.65 bits per heavy atom. The number of anilines is 1. The van der Waals surface area contributed by atoms with Crippen molar-refractivity contribution in [1.82, 2.24) is 10.4 Å². The van der Waals surface area contributed by atoms with Crippen molar-refractivity contribution in [1.29, 1.82) is 0 Å². The molecule has 0 bridgehead atoms. The smallest absolute Gasteiger partial charge is 0.338 e. The number of thioether (sulfide) groups is 1. The van der Waals surface area contributed by atoms with E-state index < -0.39 is 11.9 Å². The van der Waals surface area contributed by atoms with Crippen molar-refractivity contribution < 1.29 is 19.1 Å². The van der Waals surface area contributed by atoms with Crippen molar-refractivity contribution >= 4 is 75.2 Å². The number of carbonyl (C=O) groups is 2. The lowest BCUT2D eigenvalue weighted by atomic mass is 10.2. The molecule has 2 N–H and O–H groups in total. The third kappa shape index (κ3) is 5.62. The molecule has 1 saturated heterocycles. The second-order valence-corrected chi connectivity index (χ2v) is 8.55. The molecular formula is C20H17Cl2N3O4S2. The summed E-state index contributed by atoms with van der Waals surface area (Å²) in [5.41, 5.74) is 3.57. The van der Waals surface area contributed by atoms with E-state index in [9.17, 15) is 9.59 Å². The summed E-state index contributed by atoms with van der Waals surface area (Å²) in [5.74, 6) is 0.702. The molecule has 1 heterocycles. The van der Waals surface area contributed by atoms with Gasteiger partial charge >= 0.3 is 6.03 Å². The third-order valence-electron chi connectivity index (χ3n) is 3.97. The zero-order valence-corrected chi connectivity index (χ0v) is 19.5. The molecule has 0 aromatic heterocycles. The topological polar surface area (TPSA) is 79.9 Å². The van der Waals surface area contributed by atoms with Crippen molar-refractivity contribution in [2.75, 3.05) is 19.0 Å². The second kappa shape index (κ2) is 10.2. The average Bonchev–Trinajstić information content (AvgIpc) is 2.99. The first-order valence-electron chi connectivity index (χ1n) is 8.94. The van der Waals surface area contributed by atoms with Gasteiger partial charge in [-0.3, -0.25) is 4.79 Å². The van der Waals surface area contributed by atoms with E-state index in [4.69, 9.17) is 44.9 Å². The van der Waals surface area contributed by atoms with Crippen LogP contribution in [-0.2, 0) is 4.79 Å². The van der Waals surface area contributed by atoms with Crippen LogP contribution in [0.1, 0.15) is 12.5 Å². The summed E-state index contributed by atoms with van der Waals surface area (Å²) < 4.78 is 11.0. The van der Waals surface area contributed by atoms with Crippen LogP contribution in [0, 0.1) is 0 Å². The second-order valence-electron chi connectivity index (χ2n) is 6.06. The van der Waals surface area contributed by atoms with Crippen molar-refractivity contribution in [2.24, 2.45) is 0 Å². The maximum atomic E-state index is 12.7. The van der Waals surface area contributed by atoms with Gasteiger partial charge in [0.15, 0.2) is 15.8 Å². The van der Waals surface area contributed by atoms with E-state index in [-0.39, 0.29) is 4.32 Å². The van der Waals surface area contributed by atoms with Crippen molar-refractivity contribution in [3.63, 3.8) is 0 Å². The van der Waals surface area contributed by atoms with Gasteiger partial charge in [0.2, 0.25) is 0 Å². The number of halogens is 2. The van der Waals surface area contributed by atoms with Gasteiger partial charge < -0.3 is 14.8 Å². The molecule has 2 aromatic carbocycles. The summed E-state index contributed by atoms with van der Waals surface area (Å²) in [4.78, 5) is 25.4. The minimum Gasteiger partial charge on any atom is -0.493 e. The Morgan fingerprint density at radius 2 is 1.97 bits per heavy atom. The number of hydrazine groups is 1. The van der Waals surface area contributed by atoms with Gasteiger partial charge in [-0.1, -0.05) is 41.0 Å². The maximum absolute atomic E-state index is 12.7. The fraction of sp³-hybridized carbons (Fsp3) is 0.150. The Bertz CT molecular complexity index is 1080. The van der Waals surface area contributed by atoms with Crippen LogP contribution in [0.5, 0.6) is 11.5 Å². The summed E-state index contributed by atoms with van der Waals surface area (Å²) in [7, 11) is 1.54. The Balaban J connectivity index is 1.71. The third-order valence-corrected chi connectivity index (χ3v) is 6.01. The molecule has 0 atom stereocenters. The number of urea groups is 1. The highest BCUT2D eigenvalue weighted by Crippen LogP contribution is 2.34. The molecule has 1 aliphatic heterocycles. The Labute approximate surface area is 198 Å². The number of carbonyl (C=O) groups excluding carboxylic acids is 2. The normalized spacial score (nSPS) is 14.7. The van der Waals surface area contributed by atoms with Crippen LogP contribution < -0.4 is 20.2 Å². The first kappa shape index (κ1) is 23.2. The highest BCUT2D eigenvalue weighted by molar-refractivity contribution is 8.26. The molecule has 1 aliphatic rings. The van der Waals surface area contributed by atoms with E-state index in [2.05, 4.69) is 10.7 Å². The molecule has 2 aromatic rings. The van der Waals surface area contributed by atoms with Gasteiger partial charge in [-0.25, -0.2) is 10.2 Å². The van der Waals surface area contributed by atoms with E-state index in [0.29, 0.717) is 38.7 Å². The van der Waals surface area contributed by atoms with E-state index in [1.54, 1.807) is 36.4 Å². The molecule has 0 saturated carbocycles. The van der Waals surface area contributed by atoms with E-state index in [1.807, 2.05) is 6.92 Å². The Kier molecular flexibility index (Phi) is 7.66. The number of nitrogens with one attached hydrogen (secondary N) is 2. The molecule has 0 aliphatic carbocycles. The number of amides is 3. The van der Waals surface area contributed by atoms with Crippen molar-refractivity contribution in [2.45, 2.75) is 6.92 Å². The van der Waals surface area contributed by atoms with E-state index in [0.717, 1.165) is 22.3 Å². The van der Waals surface area contributed by atoms with Crippen molar-refractivity contribution in [3.8, 4) is 11.5 Å². The molecule has 31 heavy (non-hydrogen) atoms. The summed E-state index contributed by atoms with van der Waals surface area (Å²) in [6.07, 6.45) is 1.66. The summed E-state index contributed by atoms with van der Waals surface area (Å²) in [6.45, 7) is 2.38. The molecule has 11 heteroatoms. The monoisotopic (exact) mass is 497 g/mol. The number of thiocarbonyl (C=S) groups is 1. The van der Waals surface area contributed by atoms with Crippen LogP contribution in [0.3, 0.4) is 0 Å². The number of methoxy groups -OCH3 is 1. The quantitative estimate of drug-likeness (QED) is 0.414. The van der Waals surface area contributed by atoms with Gasteiger partial charge in [0.25, 0.3) is 5.91 Å². The lowest BCUT2D eigenvalue weighted by Crippen LogP contribution is -2.46. The number of hydrogen-bond donors (Lipinski definition) is 2. The van der Waals surface area contributed by atoms with Gasteiger partial charge in [0, 0.05) is 5.69 Å². The first-order chi connectivity index (χ1) is 14.8. The predicted octanol–water partition coefficient (Wildman–Crippen LogP) is 5.34. The van der Waals surface area contributed by atoms with Crippen LogP contribution >= 0.6 is 47.2 Å². The lowest BCUT2D eigenvalue weighted by Gasteiger charge is -2.16. The summed E-state index contributed by atoms with van der Waals surface area (Å²) in [5, 5.41) is 4.23. The fourth-order valence-electron chi connectivity index (χ4n) is 2.60. The van der Waals surface area contributed by atoms with Crippen LogP contribution in [0.15, 0.2) is 41.3 Å². The Hall–Kier alpha value is -2.46. The predicted molar refractivity (Wildman–Crippen MR) is 128 cm³/mol. The molecular weight excluding hydrogens is 481 g/mol. The molecule has 0 unspecified atom stereocenters. The number of nitrogens with zero attached hydrogens (tertiary/aromatic N) is 1. The summed E-state index contributed by atoms with van der Waals surface area (Å²) >= 11 is 18.1. The Morgan fingerprint density at radius 1 is 1.19 bits per heavy atom. The number of ether oxygens (including phenoxy) is 2. The molecule has 0 spiro atoms. The SMILES string of the molecule is CCOc1ccc(/C=C2/SC(=S)N(NC(=O)Nc3ccc(Cl)c(Cl)c3)C2=O)cc1OC. The van der Waals surface area contributed by atoms with E-state index in [1.165, 1.54) is 13.2 Å². The lowest BCUT2D eigenvalue weighted by molar-refractivity contribution is -0.123. The molecule has 7 nitrogen and oxygen atoms in total. The molecule has 3 amide bonds. The van der Waals surface area contributed by atoms with Crippen LogP contribution in [-0.4, -0.2) is 35.0 Å². The first-order valence-corrected chi connectivity index (χ1v) is 10.9. The molecule has 0 radical (unpaired) electrons. The minimum atomic E-state index is -0.654. The highest BCUT2D eigenvalue weighted by atomic mass is 35.5. The minimum absolute atomic E-state index is 0.193. The molecule has 3 rings (SSSR count). The van der Waals surface area contributed by atoms with E-state index >= 15 is 0 Å². The summed E-state index contributed by atoms with van der Waals surface area (Å²) in [6, 6.07) is 9.28. The van der Waals surface area contributed by atoms with Gasteiger partial charge in [-0.2, -0.15) is 5.01 Å².